The Hall–Kier alpha value is -1.79. The number of aliphatic imine (C=N–C) groups is 1. The Bertz CT molecular complexity index is 409. The molecule has 0 heterocycles. The van der Waals surface area contributed by atoms with Gasteiger partial charge in [0.1, 0.15) is 0 Å². The van der Waals surface area contributed by atoms with Crippen molar-refractivity contribution in [3.05, 3.63) is 0 Å². The first-order chi connectivity index (χ1) is 11.7. The largest absolute Gasteiger partial charge is 0.469 e. The Kier molecular flexibility index (Phi) is 10.6. The highest BCUT2D eigenvalue weighted by atomic mass is 16.5. The summed E-state index contributed by atoms with van der Waals surface area (Å²) < 4.78 is 4.61. The summed E-state index contributed by atoms with van der Waals surface area (Å²) in [5.41, 5.74) is 0. The van der Waals surface area contributed by atoms with Gasteiger partial charge in [0, 0.05) is 38.5 Å². The average molecular weight is 340 g/mol. The summed E-state index contributed by atoms with van der Waals surface area (Å²) in [6, 6.07) is 0. The lowest BCUT2D eigenvalue weighted by atomic mass is 10.1. The molecule has 0 aliphatic heterocycles. The van der Waals surface area contributed by atoms with Gasteiger partial charge in [-0.3, -0.25) is 14.6 Å². The van der Waals surface area contributed by atoms with Crippen molar-refractivity contribution in [3.8, 4) is 0 Å². The van der Waals surface area contributed by atoms with Crippen LogP contribution in [0.3, 0.4) is 0 Å². The molecular weight excluding hydrogens is 308 g/mol. The molecule has 1 saturated carbocycles. The number of hydrogen-bond acceptors (Lipinski definition) is 4. The number of esters is 1. The van der Waals surface area contributed by atoms with Crippen molar-refractivity contribution in [1.29, 1.82) is 0 Å². The molecule has 24 heavy (non-hydrogen) atoms. The fourth-order valence-corrected chi connectivity index (χ4v) is 2.23. The normalized spacial score (nSPS) is 14.2. The van der Waals surface area contributed by atoms with E-state index in [2.05, 4.69) is 25.7 Å². The highest BCUT2D eigenvalue weighted by molar-refractivity contribution is 5.81. The predicted octanol–water partition coefficient (Wildman–Crippen LogP) is 1.19. The number of unbranched alkanes of at least 4 members (excludes halogenated alkanes) is 3. The third-order valence-electron chi connectivity index (χ3n) is 3.80. The summed E-state index contributed by atoms with van der Waals surface area (Å²) in [5.74, 6) is 1.07. The van der Waals surface area contributed by atoms with Crippen LogP contribution in [-0.4, -0.2) is 51.1 Å². The van der Waals surface area contributed by atoms with Gasteiger partial charge in [0.15, 0.2) is 5.96 Å². The van der Waals surface area contributed by atoms with E-state index in [-0.39, 0.29) is 17.8 Å². The quantitative estimate of drug-likeness (QED) is 0.215. The molecule has 1 fully saturated rings. The molecule has 1 amide bonds. The van der Waals surface area contributed by atoms with Crippen molar-refractivity contribution >= 4 is 17.8 Å². The molecule has 1 rings (SSSR count). The van der Waals surface area contributed by atoms with Gasteiger partial charge < -0.3 is 20.7 Å². The minimum atomic E-state index is -0.138. The van der Waals surface area contributed by atoms with Crippen LogP contribution < -0.4 is 16.0 Å². The van der Waals surface area contributed by atoms with Crippen LogP contribution in [0.1, 0.15) is 51.9 Å². The van der Waals surface area contributed by atoms with Crippen LogP contribution >= 0.6 is 0 Å². The maximum Gasteiger partial charge on any atom is 0.305 e. The zero-order chi connectivity index (χ0) is 17.6. The highest BCUT2D eigenvalue weighted by Gasteiger charge is 2.28. The molecule has 0 aromatic carbocycles. The molecule has 0 atom stereocenters. The van der Waals surface area contributed by atoms with Crippen LogP contribution in [0.5, 0.6) is 0 Å². The SMILES string of the molecule is CCNC(=NCCCCCCC(=O)OC)NCCNC(=O)C1CC1. The summed E-state index contributed by atoms with van der Waals surface area (Å²) in [4.78, 5) is 27.0. The lowest BCUT2D eigenvalue weighted by Gasteiger charge is -2.11. The van der Waals surface area contributed by atoms with Gasteiger partial charge in [-0.1, -0.05) is 12.8 Å². The number of carbonyl (C=O) groups is 2. The topological polar surface area (TPSA) is 91.8 Å². The van der Waals surface area contributed by atoms with E-state index in [0.717, 1.165) is 57.6 Å². The Morgan fingerprint density at radius 2 is 1.75 bits per heavy atom. The van der Waals surface area contributed by atoms with E-state index < -0.39 is 0 Å². The van der Waals surface area contributed by atoms with Crippen LogP contribution in [0.15, 0.2) is 4.99 Å². The van der Waals surface area contributed by atoms with Crippen molar-refractivity contribution in [1.82, 2.24) is 16.0 Å². The zero-order valence-electron chi connectivity index (χ0n) is 15.0. The zero-order valence-corrected chi connectivity index (χ0v) is 15.0. The van der Waals surface area contributed by atoms with E-state index in [4.69, 9.17) is 0 Å². The van der Waals surface area contributed by atoms with E-state index in [9.17, 15) is 9.59 Å². The Balaban J connectivity index is 2.05. The van der Waals surface area contributed by atoms with Gasteiger partial charge in [0.05, 0.1) is 7.11 Å². The van der Waals surface area contributed by atoms with Gasteiger partial charge in [0.25, 0.3) is 0 Å². The van der Waals surface area contributed by atoms with E-state index in [0.29, 0.717) is 19.5 Å². The molecule has 0 aromatic heterocycles. The second-order valence-electron chi connectivity index (χ2n) is 5.99. The molecule has 0 spiro atoms. The van der Waals surface area contributed by atoms with Crippen molar-refractivity contribution in [3.63, 3.8) is 0 Å². The highest BCUT2D eigenvalue weighted by Crippen LogP contribution is 2.28. The average Bonchev–Trinajstić information content (AvgIpc) is 3.42. The number of hydrogen-bond donors (Lipinski definition) is 3. The lowest BCUT2D eigenvalue weighted by molar-refractivity contribution is -0.140. The van der Waals surface area contributed by atoms with Crippen LogP contribution in [0.4, 0.5) is 0 Å². The molecule has 138 valence electrons. The summed E-state index contributed by atoms with van der Waals surface area (Å²) >= 11 is 0. The summed E-state index contributed by atoms with van der Waals surface area (Å²) in [6.07, 6.45) is 6.49. The third kappa shape index (κ3) is 10.1. The minimum Gasteiger partial charge on any atom is -0.469 e. The number of amides is 1. The van der Waals surface area contributed by atoms with Crippen molar-refractivity contribution in [2.45, 2.75) is 51.9 Å². The molecular formula is C17H32N4O3. The number of rotatable bonds is 12. The fraction of sp³-hybridized carbons (Fsp3) is 0.824. The molecule has 0 aromatic rings. The summed E-state index contributed by atoms with van der Waals surface area (Å²) in [6.45, 7) is 4.87. The molecule has 0 bridgehead atoms. The smallest absolute Gasteiger partial charge is 0.305 e. The molecule has 3 N–H and O–H groups in total. The number of nitrogens with one attached hydrogen (secondary N) is 3. The van der Waals surface area contributed by atoms with Gasteiger partial charge in [-0.25, -0.2) is 0 Å². The molecule has 0 radical (unpaired) electrons. The van der Waals surface area contributed by atoms with Gasteiger partial charge in [-0.15, -0.1) is 0 Å². The first kappa shape index (κ1) is 20.3. The van der Waals surface area contributed by atoms with E-state index in [1.54, 1.807) is 0 Å². The Labute approximate surface area is 145 Å². The third-order valence-corrected chi connectivity index (χ3v) is 3.80. The Morgan fingerprint density at radius 3 is 2.42 bits per heavy atom. The minimum absolute atomic E-state index is 0.138. The monoisotopic (exact) mass is 340 g/mol. The molecule has 0 unspecified atom stereocenters. The number of ether oxygens (including phenoxy) is 1. The van der Waals surface area contributed by atoms with Gasteiger partial charge in [0.2, 0.25) is 5.91 Å². The van der Waals surface area contributed by atoms with Gasteiger partial charge in [-0.2, -0.15) is 0 Å². The number of carbonyl (C=O) groups excluding carboxylic acids is 2. The summed E-state index contributed by atoms with van der Waals surface area (Å²) in [5, 5.41) is 9.34. The van der Waals surface area contributed by atoms with Gasteiger partial charge >= 0.3 is 5.97 Å². The number of nitrogens with zero attached hydrogens (tertiary/aromatic N) is 1. The van der Waals surface area contributed by atoms with Crippen LogP contribution in [0.25, 0.3) is 0 Å². The van der Waals surface area contributed by atoms with Crippen LogP contribution in [-0.2, 0) is 14.3 Å². The second-order valence-corrected chi connectivity index (χ2v) is 5.99. The molecule has 7 heteroatoms. The maximum atomic E-state index is 11.5. The number of guanidine groups is 1. The van der Waals surface area contributed by atoms with Crippen molar-refractivity contribution < 1.29 is 14.3 Å². The van der Waals surface area contributed by atoms with Gasteiger partial charge in [-0.05, 0) is 32.6 Å². The molecule has 1 aliphatic carbocycles. The van der Waals surface area contributed by atoms with E-state index >= 15 is 0 Å². The van der Waals surface area contributed by atoms with E-state index in [1.807, 2.05) is 6.92 Å². The van der Waals surface area contributed by atoms with E-state index in [1.165, 1.54) is 7.11 Å². The van der Waals surface area contributed by atoms with Crippen molar-refractivity contribution in [2.24, 2.45) is 10.9 Å². The second kappa shape index (κ2) is 12.6. The summed E-state index contributed by atoms with van der Waals surface area (Å²) in [7, 11) is 1.42. The molecule has 7 nitrogen and oxygen atoms in total. The Morgan fingerprint density at radius 1 is 1.04 bits per heavy atom. The predicted molar refractivity (Wildman–Crippen MR) is 94.8 cm³/mol. The maximum absolute atomic E-state index is 11.5. The first-order valence-electron chi connectivity index (χ1n) is 9.04. The van der Waals surface area contributed by atoms with Crippen LogP contribution in [0, 0.1) is 5.92 Å². The molecule has 0 saturated heterocycles. The molecule has 1 aliphatic rings. The first-order valence-corrected chi connectivity index (χ1v) is 9.04. The van der Waals surface area contributed by atoms with Crippen molar-refractivity contribution in [2.75, 3.05) is 33.3 Å². The lowest BCUT2D eigenvalue weighted by Crippen LogP contribution is -2.41. The fourth-order valence-electron chi connectivity index (χ4n) is 2.23. The number of methoxy groups -OCH3 is 1. The van der Waals surface area contributed by atoms with Crippen LogP contribution in [0.2, 0.25) is 0 Å². The standard InChI is InChI=1S/C17H32N4O3/c1-3-18-17(21-13-12-19-16(23)14-9-10-14)20-11-7-5-4-6-8-15(22)24-2/h14H,3-13H2,1-2H3,(H,19,23)(H2,18,20,21).